The summed E-state index contributed by atoms with van der Waals surface area (Å²) in [7, 11) is 0. The Morgan fingerprint density at radius 1 is 1.33 bits per heavy atom. The van der Waals surface area contributed by atoms with Crippen LogP contribution in [-0.4, -0.2) is 60.9 Å². The van der Waals surface area contributed by atoms with E-state index in [4.69, 9.17) is 9.26 Å². The molecule has 0 radical (unpaired) electrons. The van der Waals surface area contributed by atoms with Crippen molar-refractivity contribution < 1.29 is 14.1 Å². The second-order valence-electron chi connectivity index (χ2n) is 6.39. The van der Waals surface area contributed by atoms with Crippen LogP contribution in [0.25, 0.3) is 5.69 Å². The zero-order valence-electron chi connectivity index (χ0n) is 14.9. The van der Waals surface area contributed by atoms with E-state index in [0.717, 1.165) is 18.5 Å². The third kappa shape index (κ3) is 3.94. The lowest BCUT2D eigenvalue weighted by Crippen LogP contribution is -2.41. The fourth-order valence-corrected chi connectivity index (χ4v) is 3.11. The molecule has 4 rings (SSSR count). The van der Waals surface area contributed by atoms with Crippen LogP contribution in [0.3, 0.4) is 0 Å². The highest BCUT2D eigenvalue weighted by Gasteiger charge is 2.27. The topological polar surface area (TPSA) is 112 Å². The molecule has 10 heteroatoms. The lowest BCUT2D eigenvalue weighted by atomic mass is 9.97. The quantitative estimate of drug-likeness (QED) is 0.658. The van der Waals surface area contributed by atoms with Gasteiger partial charge in [0.2, 0.25) is 5.89 Å². The first-order chi connectivity index (χ1) is 13.2. The molecular formula is C17H19N7O3. The summed E-state index contributed by atoms with van der Waals surface area (Å²) >= 11 is 0. The molecule has 1 atom stereocenters. The maximum Gasteiger partial charge on any atom is 0.260 e. The predicted octanol–water partition coefficient (Wildman–Crippen LogP) is 1.14. The van der Waals surface area contributed by atoms with Gasteiger partial charge >= 0.3 is 0 Å². The summed E-state index contributed by atoms with van der Waals surface area (Å²) in [5, 5.41) is 15.0. The van der Waals surface area contributed by atoms with E-state index in [1.54, 1.807) is 28.6 Å². The van der Waals surface area contributed by atoms with Crippen LogP contribution >= 0.6 is 0 Å². The van der Waals surface area contributed by atoms with Crippen LogP contribution in [0.15, 0.2) is 35.1 Å². The van der Waals surface area contributed by atoms with Crippen molar-refractivity contribution in [1.82, 2.24) is 35.2 Å². The molecule has 10 nitrogen and oxygen atoms in total. The standard InChI is InChI=1S/C17H19N7O3/c1-12-19-17(20-27-12)13-3-2-8-23(9-13)16(25)10-26-15-6-4-14(5-7-15)24-11-18-21-22-24/h4-7,11,13H,2-3,8-10H2,1H3. The van der Waals surface area contributed by atoms with Gasteiger partial charge in [-0.1, -0.05) is 5.16 Å². The van der Waals surface area contributed by atoms with Crippen molar-refractivity contribution in [2.75, 3.05) is 19.7 Å². The van der Waals surface area contributed by atoms with Crippen LogP contribution in [0, 0.1) is 6.92 Å². The predicted molar refractivity (Wildman–Crippen MR) is 92.2 cm³/mol. The largest absolute Gasteiger partial charge is 0.484 e. The second kappa shape index (κ2) is 7.52. The van der Waals surface area contributed by atoms with Gasteiger partial charge in [0.25, 0.3) is 5.91 Å². The molecule has 27 heavy (non-hydrogen) atoms. The third-order valence-electron chi connectivity index (χ3n) is 4.50. The monoisotopic (exact) mass is 369 g/mol. The number of tetrazole rings is 1. The Labute approximate surface area is 155 Å². The molecule has 1 aromatic carbocycles. The van der Waals surface area contributed by atoms with Gasteiger partial charge in [-0.2, -0.15) is 4.98 Å². The molecule has 3 aromatic rings. The fraction of sp³-hybridized carbons (Fsp3) is 0.412. The minimum absolute atomic E-state index is 0.0117. The SMILES string of the molecule is Cc1nc(C2CCCN(C(=O)COc3ccc(-n4cnnn4)cc3)C2)no1. The molecule has 3 heterocycles. The molecule has 0 aliphatic carbocycles. The molecule has 0 N–H and O–H groups in total. The lowest BCUT2D eigenvalue weighted by molar-refractivity contribution is -0.134. The van der Waals surface area contributed by atoms with Gasteiger partial charge in [0.1, 0.15) is 12.1 Å². The van der Waals surface area contributed by atoms with E-state index in [0.29, 0.717) is 30.6 Å². The zero-order chi connectivity index (χ0) is 18.6. The fourth-order valence-electron chi connectivity index (χ4n) is 3.11. The van der Waals surface area contributed by atoms with E-state index in [2.05, 4.69) is 25.7 Å². The van der Waals surface area contributed by atoms with E-state index >= 15 is 0 Å². The highest BCUT2D eigenvalue weighted by Crippen LogP contribution is 2.25. The number of carbonyl (C=O) groups is 1. The molecular weight excluding hydrogens is 350 g/mol. The Bertz CT molecular complexity index is 892. The minimum Gasteiger partial charge on any atom is -0.484 e. The first-order valence-electron chi connectivity index (χ1n) is 8.73. The smallest absolute Gasteiger partial charge is 0.260 e. The average molecular weight is 369 g/mol. The summed E-state index contributed by atoms with van der Waals surface area (Å²) < 4.78 is 12.2. The van der Waals surface area contributed by atoms with Crippen LogP contribution in [-0.2, 0) is 4.79 Å². The van der Waals surface area contributed by atoms with Crippen molar-refractivity contribution in [3.05, 3.63) is 42.3 Å². The van der Waals surface area contributed by atoms with Crippen LogP contribution in [0.4, 0.5) is 0 Å². The van der Waals surface area contributed by atoms with Gasteiger partial charge in [-0.3, -0.25) is 4.79 Å². The number of piperidine rings is 1. The van der Waals surface area contributed by atoms with Gasteiger partial charge in [0.05, 0.1) is 5.69 Å². The molecule has 1 amide bonds. The highest BCUT2D eigenvalue weighted by atomic mass is 16.5. The molecule has 1 aliphatic heterocycles. The second-order valence-corrected chi connectivity index (χ2v) is 6.39. The Kier molecular flexibility index (Phi) is 4.77. The summed E-state index contributed by atoms with van der Waals surface area (Å²) in [4.78, 5) is 18.6. The van der Waals surface area contributed by atoms with E-state index in [9.17, 15) is 4.79 Å². The Morgan fingerprint density at radius 2 is 2.19 bits per heavy atom. The number of likely N-dealkylation sites (tertiary alicyclic amines) is 1. The van der Waals surface area contributed by atoms with Crippen LogP contribution in [0.1, 0.15) is 30.5 Å². The average Bonchev–Trinajstić information content (AvgIpc) is 3.38. The van der Waals surface area contributed by atoms with Gasteiger partial charge in [0, 0.05) is 25.9 Å². The van der Waals surface area contributed by atoms with Crippen LogP contribution in [0.2, 0.25) is 0 Å². The molecule has 0 saturated carbocycles. The van der Waals surface area contributed by atoms with E-state index in [-0.39, 0.29) is 18.4 Å². The Hall–Kier alpha value is -3.30. The summed E-state index contributed by atoms with van der Waals surface area (Å²) in [6.45, 7) is 3.05. The first-order valence-corrected chi connectivity index (χ1v) is 8.73. The molecule has 1 unspecified atom stereocenters. The maximum absolute atomic E-state index is 12.5. The lowest BCUT2D eigenvalue weighted by Gasteiger charge is -2.31. The number of benzene rings is 1. The zero-order valence-corrected chi connectivity index (χ0v) is 14.9. The van der Waals surface area contributed by atoms with Gasteiger partial charge < -0.3 is 14.2 Å². The van der Waals surface area contributed by atoms with Crippen molar-refractivity contribution in [2.24, 2.45) is 0 Å². The summed E-state index contributed by atoms with van der Waals surface area (Å²) in [5.74, 6) is 1.88. The Morgan fingerprint density at radius 3 is 2.89 bits per heavy atom. The van der Waals surface area contributed by atoms with E-state index < -0.39 is 0 Å². The van der Waals surface area contributed by atoms with Crippen LogP contribution in [0.5, 0.6) is 5.75 Å². The van der Waals surface area contributed by atoms with Gasteiger partial charge in [-0.05, 0) is 47.5 Å². The van der Waals surface area contributed by atoms with Crippen molar-refractivity contribution in [3.63, 3.8) is 0 Å². The Balaban J connectivity index is 1.32. The highest BCUT2D eigenvalue weighted by molar-refractivity contribution is 5.78. The van der Waals surface area contributed by atoms with Gasteiger partial charge in [-0.15, -0.1) is 5.10 Å². The first kappa shape index (κ1) is 17.1. The van der Waals surface area contributed by atoms with Crippen molar-refractivity contribution in [3.8, 4) is 11.4 Å². The number of carbonyl (C=O) groups excluding carboxylic acids is 1. The summed E-state index contributed by atoms with van der Waals surface area (Å²) in [6, 6.07) is 7.22. The van der Waals surface area contributed by atoms with E-state index in [1.165, 1.54) is 6.33 Å². The number of aromatic nitrogens is 6. The molecule has 1 fully saturated rings. The number of hydrogen-bond acceptors (Lipinski definition) is 8. The van der Waals surface area contributed by atoms with Gasteiger partial charge in [0.15, 0.2) is 12.4 Å². The molecule has 1 saturated heterocycles. The number of ether oxygens (including phenoxy) is 1. The molecule has 1 aliphatic rings. The number of aryl methyl sites for hydroxylation is 1. The maximum atomic E-state index is 12.5. The molecule has 140 valence electrons. The van der Waals surface area contributed by atoms with Crippen molar-refractivity contribution in [2.45, 2.75) is 25.7 Å². The summed E-state index contributed by atoms with van der Waals surface area (Å²) in [6.07, 6.45) is 3.37. The number of amides is 1. The number of hydrogen-bond donors (Lipinski definition) is 0. The van der Waals surface area contributed by atoms with Crippen molar-refractivity contribution >= 4 is 5.91 Å². The molecule has 2 aromatic heterocycles. The number of nitrogens with zero attached hydrogens (tertiary/aromatic N) is 7. The molecule has 0 spiro atoms. The number of rotatable bonds is 5. The normalized spacial score (nSPS) is 17.1. The summed E-state index contributed by atoms with van der Waals surface area (Å²) in [5.41, 5.74) is 0.813. The molecule has 0 bridgehead atoms. The third-order valence-corrected chi connectivity index (χ3v) is 4.50. The van der Waals surface area contributed by atoms with E-state index in [1.807, 2.05) is 12.1 Å². The van der Waals surface area contributed by atoms with Crippen molar-refractivity contribution in [1.29, 1.82) is 0 Å². The van der Waals surface area contributed by atoms with Gasteiger partial charge in [-0.25, -0.2) is 4.68 Å². The minimum atomic E-state index is -0.0514. The van der Waals surface area contributed by atoms with Crippen LogP contribution < -0.4 is 4.74 Å².